The molecule has 31 heavy (non-hydrogen) atoms. The van der Waals surface area contributed by atoms with Crippen LogP contribution < -0.4 is 0 Å². The van der Waals surface area contributed by atoms with Gasteiger partial charge in [0.15, 0.2) is 0 Å². The number of hydrogen-bond donors (Lipinski definition) is 1. The van der Waals surface area contributed by atoms with E-state index in [-0.39, 0.29) is 24.5 Å². The molecule has 10 heteroatoms. The molecule has 1 aliphatic carbocycles. The van der Waals surface area contributed by atoms with Crippen molar-refractivity contribution < 1.29 is 45.4 Å². The van der Waals surface area contributed by atoms with E-state index in [1.165, 1.54) is 12.1 Å². The Morgan fingerprint density at radius 1 is 0.935 bits per heavy atom. The third-order valence-corrected chi connectivity index (χ3v) is 5.28. The van der Waals surface area contributed by atoms with Gasteiger partial charge in [-0.15, -0.1) is 0 Å². The summed E-state index contributed by atoms with van der Waals surface area (Å²) < 4.78 is 97.0. The number of carbonyl (C=O) groups is 1. The Hall–Kier alpha value is -2.62. The number of ether oxygens (including phenoxy) is 1. The molecule has 2 aromatic carbocycles. The molecule has 0 heterocycles. The number of aliphatic carboxylic acids is 1. The summed E-state index contributed by atoms with van der Waals surface area (Å²) in [7, 11) is 0. The fourth-order valence-electron chi connectivity index (χ4n) is 3.86. The minimum atomic E-state index is -4.98. The molecule has 3 unspecified atom stereocenters. The molecular weight excluding hydrogens is 433 g/mol. The minimum Gasteiger partial charge on any atom is -0.481 e. The highest BCUT2D eigenvalue weighted by Crippen LogP contribution is 2.43. The number of alkyl halides is 6. The van der Waals surface area contributed by atoms with E-state index in [2.05, 4.69) is 0 Å². The SMILES string of the molecule is O=C(O)C1CCC(OCc2cc(C(F)(F)F)cc(C(F)(F)F)c2)C1c1ccc(F)cc1. The Labute approximate surface area is 172 Å². The first-order valence-corrected chi connectivity index (χ1v) is 9.24. The molecular formula is C21H17F7O3. The van der Waals surface area contributed by atoms with Crippen molar-refractivity contribution in [1.29, 1.82) is 0 Å². The van der Waals surface area contributed by atoms with E-state index in [1.807, 2.05) is 0 Å². The zero-order valence-corrected chi connectivity index (χ0v) is 15.8. The lowest BCUT2D eigenvalue weighted by Crippen LogP contribution is -2.25. The highest BCUT2D eigenvalue weighted by molar-refractivity contribution is 5.72. The second kappa shape index (κ2) is 8.49. The quantitative estimate of drug-likeness (QED) is 0.566. The van der Waals surface area contributed by atoms with Gasteiger partial charge >= 0.3 is 18.3 Å². The number of rotatable bonds is 5. The van der Waals surface area contributed by atoms with E-state index < -0.39 is 59.8 Å². The van der Waals surface area contributed by atoms with Gasteiger partial charge in [-0.2, -0.15) is 26.3 Å². The highest BCUT2D eigenvalue weighted by Gasteiger charge is 2.42. The molecule has 0 radical (unpaired) electrons. The van der Waals surface area contributed by atoms with Crippen LogP contribution in [0.1, 0.15) is 41.0 Å². The summed E-state index contributed by atoms with van der Waals surface area (Å²) in [6.45, 7) is -0.568. The third kappa shape index (κ3) is 5.36. The summed E-state index contributed by atoms with van der Waals surface area (Å²) in [5, 5.41) is 9.47. The molecule has 1 fully saturated rings. The maximum Gasteiger partial charge on any atom is 0.416 e. The topological polar surface area (TPSA) is 46.5 Å². The molecule has 0 spiro atoms. The molecule has 168 valence electrons. The molecule has 2 aromatic rings. The predicted octanol–water partition coefficient (Wildman–Crippen LogP) is 6.03. The van der Waals surface area contributed by atoms with Crippen LogP contribution in [0.25, 0.3) is 0 Å². The van der Waals surface area contributed by atoms with E-state index in [0.717, 1.165) is 12.1 Å². The first-order valence-electron chi connectivity index (χ1n) is 9.24. The number of benzene rings is 2. The van der Waals surface area contributed by atoms with Crippen molar-refractivity contribution in [3.8, 4) is 0 Å². The van der Waals surface area contributed by atoms with E-state index in [0.29, 0.717) is 17.7 Å². The smallest absolute Gasteiger partial charge is 0.416 e. The van der Waals surface area contributed by atoms with Gasteiger partial charge in [0.25, 0.3) is 0 Å². The molecule has 3 rings (SSSR count). The Morgan fingerprint density at radius 2 is 1.48 bits per heavy atom. The molecule has 1 aliphatic rings. The normalized spacial score (nSPS) is 22.0. The molecule has 0 aliphatic heterocycles. The average molecular weight is 450 g/mol. The molecule has 1 saturated carbocycles. The summed E-state index contributed by atoms with van der Waals surface area (Å²) >= 11 is 0. The summed E-state index contributed by atoms with van der Waals surface area (Å²) in [5.41, 5.74) is -2.77. The molecule has 1 N–H and O–H groups in total. The molecule has 0 bridgehead atoms. The number of carboxylic acids is 1. The fourth-order valence-corrected chi connectivity index (χ4v) is 3.86. The van der Waals surface area contributed by atoms with Crippen LogP contribution in [-0.4, -0.2) is 17.2 Å². The van der Waals surface area contributed by atoms with Crippen molar-refractivity contribution in [3.05, 3.63) is 70.5 Å². The van der Waals surface area contributed by atoms with Gasteiger partial charge in [-0.3, -0.25) is 4.79 Å². The largest absolute Gasteiger partial charge is 0.481 e. The summed E-state index contributed by atoms with van der Waals surface area (Å²) in [4.78, 5) is 11.6. The zero-order chi connectivity index (χ0) is 23.0. The van der Waals surface area contributed by atoms with Crippen molar-refractivity contribution in [2.75, 3.05) is 0 Å². The van der Waals surface area contributed by atoms with Crippen LogP contribution in [0.3, 0.4) is 0 Å². The van der Waals surface area contributed by atoms with Crippen molar-refractivity contribution in [1.82, 2.24) is 0 Å². The maximum atomic E-state index is 13.2. The van der Waals surface area contributed by atoms with Gasteiger partial charge in [0, 0.05) is 5.92 Å². The first-order chi connectivity index (χ1) is 14.4. The molecule has 0 aromatic heterocycles. The second-order valence-electron chi connectivity index (χ2n) is 7.36. The van der Waals surface area contributed by atoms with E-state index in [1.54, 1.807) is 0 Å². The van der Waals surface area contributed by atoms with Gasteiger partial charge in [0.1, 0.15) is 5.82 Å². The van der Waals surface area contributed by atoms with Crippen molar-refractivity contribution >= 4 is 5.97 Å². The van der Waals surface area contributed by atoms with Gasteiger partial charge in [-0.05, 0) is 54.3 Å². The summed E-state index contributed by atoms with van der Waals surface area (Å²) in [5.74, 6) is -3.23. The van der Waals surface area contributed by atoms with Crippen LogP contribution in [0.15, 0.2) is 42.5 Å². The Balaban J connectivity index is 1.86. The molecule has 3 nitrogen and oxygen atoms in total. The van der Waals surface area contributed by atoms with Gasteiger partial charge in [-0.25, -0.2) is 4.39 Å². The number of carboxylic acid groups (broad SMARTS) is 1. The average Bonchev–Trinajstić information content (AvgIpc) is 3.09. The Kier molecular flexibility index (Phi) is 6.31. The third-order valence-electron chi connectivity index (χ3n) is 5.28. The van der Waals surface area contributed by atoms with E-state index in [9.17, 15) is 40.6 Å². The maximum absolute atomic E-state index is 13.2. The van der Waals surface area contributed by atoms with E-state index >= 15 is 0 Å². The second-order valence-corrected chi connectivity index (χ2v) is 7.36. The first kappa shape index (κ1) is 23.1. The van der Waals surface area contributed by atoms with Crippen LogP contribution >= 0.6 is 0 Å². The molecule has 0 amide bonds. The fraction of sp³-hybridized carbons (Fsp3) is 0.381. The highest BCUT2D eigenvalue weighted by atomic mass is 19.4. The zero-order valence-electron chi connectivity index (χ0n) is 15.8. The molecule has 3 atom stereocenters. The lowest BCUT2D eigenvalue weighted by atomic mass is 9.87. The Morgan fingerprint density at radius 3 is 1.97 bits per heavy atom. The van der Waals surface area contributed by atoms with Gasteiger partial charge < -0.3 is 9.84 Å². The van der Waals surface area contributed by atoms with Crippen LogP contribution in [0, 0.1) is 11.7 Å². The van der Waals surface area contributed by atoms with Crippen LogP contribution in [0.5, 0.6) is 0 Å². The number of hydrogen-bond acceptors (Lipinski definition) is 2. The van der Waals surface area contributed by atoms with Gasteiger partial charge in [0.2, 0.25) is 0 Å². The van der Waals surface area contributed by atoms with Crippen LogP contribution in [0.2, 0.25) is 0 Å². The van der Waals surface area contributed by atoms with Crippen LogP contribution in [-0.2, 0) is 28.5 Å². The summed E-state index contributed by atoms with van der Waals surface area (Å²) in [6, 6.07) is 6.25. The Bertz CT molecular complexity index is 903. The monoisotopic (exact) mass is 450 g/mol. The number of halogens is 7. The van der Waals surface area contributed by atoms with Gasteiger partial charge in [0.05, 0.1) is 29.8 Å². The predicted molar refractivity (Wildman–Crippen MR) is 94.5 cm³/mol. The van der Waals surface area contributed by atoms with Crippen molar-refractivity contribution in [2.45, 2.75) is 43.8 Å². The van der Waals surface area contributed by atoms with E-state index in [4.69, 9.17) is 4.74 Å². The van der Waals surface area contributed by atoms with Crippen molar-refractivity contribution in [3.63, 3.8) is 0 Å². The molecule has 0 saturated heterocycles. The lowest BCUT2D eigenvalue weighted by molar-refractivity contribution is -0.144. The van der Waals surface area contributed by atoms with Crippen LogP contribution in [0.4, 0.5) is 30.7 Å². The lowest BCUT2D eigenvalue weighted by Gasteiger charge is -2.24. The minimum absolute atomic E-state index is 0.0286. The summed E-state index contributed by atoms with van der Waals surface area (Å²) in [6.07, 6.45) is -10.3. The standard InChI is InChI=1S/C21H17F7O3/c22-15-3-1-12(2-4-15)18-16(19(29)30)5-6-17(18)31-10-11-7-13(20(23,24)25)9-14(8-11)21(26,27)28/h1-4,7-9,16-18H,5-6,10H2,(H,29,30). The van der Waals surface area contributed by atoms with Gasteiger partial charge in [-0.1, -0.05) is 12.1 Å². The van der Waals surface area contributed by atoms with Crippen molar-refractivity contribution in [2.24, 2.45) is 5.92 Å².